The standard InChI is InChI=1S/C16H14N2O3S2/c19-16(20)13-6-10-3-4-18(8-14(10)23-13)7-11-9-22-15(17-11)12-2-1-5-21-12/h1-2,5-6,9H,3-4,7-8H2,(H,19,20). The maximum atomic E-state index is 11.1. The molecule has 4 heterocycles. The minimum atomic E-state index is -0.835. The zero-order valence-electron chi connectivity index (χ0n) is 12.2. The van der Waals surface area contributed by atoms with Crippen LogP contribution in [-0.2, 0) is 19.5 Å². The third-order valence-corrected chi connectivity index (χ3v) is 5.90. The van der Waals surface area contributed by atoms with Crippen molar-refractivity contribution >= 4 is 28.6 Å². The molecule has 1 N–H and O–H groups in total. The molecule has 1 aliphatic rings. The van der Waals surface area contributed by atoms with Gasteiger partial charge in [-0.2, -0.15) is 0 Å². The van der Waals surface area contributed by atoms with E-state index in [2.05, 4.69) is 15.3 Å². The van der Waals surface area contributed by atoms with Crippen LogP contribution in [0.2, 0.25) is 0 Å². The number of rotatable bonds is 4. The highest BCUT2D eigenvalue weighted by molar-refractivity contribution is 7.14. The van der Waals surface area contributed by atoms with Gasteiger partial charge in [0.1, 0.15) is 4.88 Å². The van der Waals surface area contributed by atoms with Crippen molar-refractivity contribution in [2.45, 2.75) is 19.5 Å². The molecule has 1 aliphatic heterocycles. The van der Waals surface area contributed by atoms with E-state index in [0.717, 1.165) is 47.4 Å². The number of hydrogen-bond acceptors (Lipinski definition) is 6. The highest BCUT2D eigenvalue weighted by Gasteiger charge is 2.22. The van der Waals surface area contributed by atoms with Crippen LogP contribution in [-0.4, -0.2) is 27.5 Å². The van der Waals surface area contributed by atoms with Gasteiger partial charge >= 0.3 is 5.97 Å². The molecule has 0 aromatic carbocycles. The number of fused-ring (bicyclic) bond motifs is 1. The van der Waals surface area contributed by atoms with E-state index >= 15 is 0 Å². The van der Waals surface area contributed by atoms with Crippen LogP contribution < -0.4 is 0 Å². The first-order chi connectivity index (χ1) is 11.2. The SMILES string of the molecule is O=C(O)c1cc2c(s1)CN(Cc1csc(-c3ccco3)n1)CC2. The molecule has 0 atom stereocenters. The van der Waals surface area contributed by atoms with E-state index in [-0.39, 0.29) is 0 Å². The third kappa shape index (κ3) is 2.95. The number of carbonyl (C=O) groups is 1. The molecule has 0 amide bonds. The van der Waals surface area contributed by atoms with Crippen LogP contribution in [0.3, 0.4) is 0 Å². The molecule has 0 saturated heterocycles. The lowest BCUT2D eigenvalue weighted by atomic mass is 10.1. The van der Waals surface area contributed by atoms with E-state index in [1.54, 1.807) is 17.6 Å². The lowest BCUT2D eigenvalue weighted by Gasteiger charge is -2.25. The Morgan fingerprint density at radius 3 is 3.17 bits per heavy atom. The molecule has 3 aromatic rings. The molecule has 118 valence electrons. The number of aromatic nitrogens is 1. The third-order valence-electron chi connectivity index (χ3n) is 3.84. The number of thiazole rings is 1. The molecule has 0 spiro atoms. The van der Waals surface area contributed by atoms with Crippen LogP contribution in [0, 0.1) is 0 Å². The Morgan fingerprint density at radius 1 is 1.48 bits per heavy atom. The normalized spacial score (nSPS) is 14.8. The van der Waals surface area contributed by atoms with Gasteiger partial charge in [-0.3, -0.25) is 4.90 Å². The van der Waals surface area contributed by atoms with E-state index in [1.165, 1.54) is 16.9 Å². The van der Waals surface area contributed by atoms with Crippen LogP contribution in [0.15, 0.2) is 34.3 Å². The Balaban J connectivity index is 1.47. The average molecular weight is 346 g/mol. The predicted octanol–water partition coefficient (Wildman–Crippen LogP) is 3.72. The van der Waals surface area contributed by atoms with Crippen molar-refractivity contribution in [1.29, 1.82) is 0 Å². The van der Waals surface area contributed by atoms with Crippen LogP contribution >= 0.6 is 22.7 Å². The number of carboxylic acids is 1. The summed E-state index contributed by atoms with van der Waals surface area (Å²) in [5, 5.41) is 12.1. The van der Waals surface area contributed by atoms with Gasteiger partial charge in [-0.1, -0.05) is 0 Å². The summed E-state index contributed by atoms with van der Waals surface area (Å²) in [4.78, 5) is 19.6. The van der Waals surface area contributed by atoms with Gasteiger partial charge in [0.15, 0.2) is 10.8 Å². The maximum Gasteiger partial charge on any atom is 0.345 e. The Hall–Kier alpha value is -1.96. The van der Waals surface area contributed by atoms with Crippen molar-refractivity contribution in [1.82, 2.24) is 9.88 Å². The summed E-state index contributed by atoms with van der Waals surface area (Å²) in [6.45, 7) is 2.49. The fourth-order valence-corrected chi connectivity index (χ4v) is 4.61. The summed E-state index contributed by atoms with van der Waals surface area (Å²) in [5.74, 6) is -0.0370. The number of carboxylic acid groups (broad SMARTS) is 1. The molecule has 4 rings (SSSR count). The number of hydrogen-bond donors (Lipinski definition) is 1. The minimum absolute atomic E-state index is 0.436. The summed E-state index contributed by atoms with van der Waals surface area (Å²) in [7, 11) is 0. The Kier molecular flexibility index (Phi) is 3.76. The summed E-state index contributed by atoms with van der Waals surface area (Å²) >= 11 is 2.97. The van der Waals surface area contributed by atoms with Gasteiger partial charge in [0.2, 0.25) is 0 Å². The summed E-state index contributed by atoms with van der Waals surface area (Å²) in [6, 6.07) is 5.59. The van der Waals surface area contributed by atoms with E-state index < -0.39 is 5.97 Å². The van der Waals surface area contributed by atoms with Crippen LogP contribution in [0.5, 0.6) is 0 Å². The molecule has 0 bridgehead atoms. The lowest BCUT2D eigenvalue weighted by Crippen LogP contribution is -2.29. The molecular weight excluding hydrogens is 332 g/mol. The van der Waals surface area contributed by atoms with Gasteiger partial charge in [-0.15, -0.1) is 22.7 Å². The lowest BCUT2D eigenvalue weighted by molar-refractivity contribution is 0.0702. The van der Waals surface area contributed by atoms with Gasteiger partial charge in [-0.05, 0) is 30.2 Å². The quantitative estimate of drug-likeness (QED) is 0.780. The molecule has 0 unspecified atom stereocenters. The smallest absolute Gasteiger partial charge is 0.345 e. The van der Waals surface area contributed by atoms with Gasteiger partial charge in [0.05, 0.1) is 12.0 Å². The van der Waals surface area contributed by atoms with E-state index in [4.69, 9.17) is 9.52 Å². The van der Waals surface area contributed by atoms with Crippen LogP contribution in [0.4, 0.5) is 0 Å². The molecule has 0 radical (unpaired) electrons. The second-order valence-electron chi connectivity index (χ2n) is 5.45. The fraction of sp³-hybridized carbons (Fsp3) is 0.250. The van der Waals surface area contributed by atoms with Gasteiger partial charge < -0.3 is 9.52 Å². The van der Waals surface area contributed by atoms with Gasteiger partial charge in [-0.25, -0.2) is 9.78 Å². The molecule has 0 aliphatic carbocycles. The molecular formula is C16H14N2O3S2. The van der Waals surface area contributed by atoms with Crippen molar-refractivity contribution in [3.8, 4) is 10.8 Å². The predicted molar refractivity (Wildman–Crippen MR) is 88.9 cm³/mol. The number of thiophene rings is 1. The molecule has 3 aromatic heterocycles. The topological polar surface area (TPSA) is 66.6 Å². The number of furan rings is 1. The Bertz CT molecular complexity index is 836. The summed E-state index contributed by atoms with van der Waals surface area (Å²) in [6.07, 6.45) is 2.55. The van der Waals surface area contributed by atoms with E-state index in [0.29, 0.717) is 4.88 Å². The maximum absolute atomic E-state index is 11.1. The Labute approximate surface area is 140 Å². The molecule has 0 fully saturated rings. The summed E-state index contributed by atoms with van der Waals surface area (Å²) in [5.41, 5.74) is 2.21. The first-order valence-electron chi connectivity index (χ1n) is 7.24. The highest BCUT2D eigenvalue weighted by atomic mass is 32.1. The van der Waals surface area contributed by atoms with Crippen molar-refractivity contribution < 1.29 is 14.3 Å². The van der Waals surface area contributed by atoms with Gasteiger partial charge in [0.25, 0.3) is 0 Å². The molecule has 23 heavy (non-hydrogen) atoms. The minimum Gasteiger partial charge on any atom is -0.477 e. The number of nitrogens with zero attached hydrogens (tertiary/aromatic N) is 2. The molecule has 7 heteroatoms. The van der Waals surface area contributed by atoms with E-state index in [1.807, 2.05) is 18.2 Å². The first-order valence-corrected chi connectivity index (χ1v) is 8.94. The second-order valence-corrected chi connectivity index (χ2v) is 7.44. The van der Waals surface area contributed by atoms with Crippen molar-refractivity contribution in [3.63, 3.8) is 0 Å². The molecule has 5 nitrogen and oxygen atoms in total. The Morgan fingerprint density at radius 2 is 2.39 bits per heavy atom. The zero-order chi connectivity index (χ0) is 15.8. The monoisotopic (exact) mass is 346 g/mol. The highest BCUT2D eigenvalue weighted by Crippen LogP contribution is 2.30. The summed E-state index contributed by atoms with van der Waals surface area (Å²) < 4.78 is 5.37. The van der Waals surface area contributed by atoms with Crippen LogP contribution in [0.1, 0.15) is 25.8 Å². The first kappa shape index (κ1) is 14.6. The number of aromatic carboxylic acids is 1. The van der Waals surface area contributed by atoms with Gasteiger partial charge in [0, 0.05) is 29.9 Å². The second kappa shape index (κ2) is 5.92. The van der Waals surface area contributed by atoms with Crippen molar-refractivity contribution in [2.24, 2.45) is 0 Å². The van der Waals surface area contributed by atoms with Crippen molar-refractivity contribution in [3.05, 3.63) is 50.9 Å². The largest absolute Gasteiger partial charge is 0.477 e. The van der Waals surface area contributed by atoms with Crippen LogP contribution in [0.25, 0.3) is 10.8 Å². The fourth-order valence-electron chi connectivity index (χ4n) is 2.74. The molecule has 0 saturated carbocycles. The average Bonchev–Trinajstić information content (AvgIpc) is 3.26. The van der Waals surface area contributed by atoms with E-state index in [9.17, 15) is 4.79 Å². The van der Waals surface area contributed by atoms with Crippen molar-refractivity contribution in [2.75, 3.05) is 6.54 Å². The zero-order valence-corrected chi connectivity index (χ0v) is 13.8.